The molecule has 4 heteroatoms. The number of carbonyl (C=O) groups is 2. The van der Waals surface area contributed by atoms with Gasteiger partial charge in [0.25, 0.3) is 5.91 Å². The topological polar surface area (TPSA) is 40.6 Å². The Hall–Kier alpha value is -2.88. The van der Waals surface area contributed by atoms with Crippen LogP contribution >= 0.6 is 0 Å². The lowest BCUT2D eigenvalue weighted by Gasteiger charge is -2.42. The number of fused-ring (bicyclic) bond motifs is 1. The van der Waals surface area contributed by atoms with Crippen molar-refractivity contribution in [2.75, 3.05) is 13.6 Å². The van der Waals surface area contributed by atoms with Crippen LogP contribution in [0.1, 0.15) is 73.9 Å². The lowest BCUT2D eigenvalue weighted by atomic mass is 9.62. The molecule has 2 aromatic carbocycles. The van der Waals surface area contributed by atoms with Crippen LogP contribution in [-0.2, 0) is 22.2 Å². The van der Waals surface area contributed by atoms with E-state index in [1.807, 2.05) is 24.3 Å². The highest BCUT2D eigenvalue weighted by molar-refractivity contribution is 6.01. The molecule has 4 nitrogen and oxygen atoms in total. The molecule has 0 radical (unpaired) electrons. The van der Waals surface area contributed by atoms with Gasteiger partial charge in [-0.05, 0) is 69.5 Å². The SMILES string of the molecule is C=C(c1ccc(CN2C(=O)CN(C)C2=O)cc1)c1cc2c(cc1C)C(C)(C)CCC2(C)C. The number of amides is 3. The number of urea groups is 1. The fraction of sp³-hybridized carbons (Fsp3) is 0.429. The summed E-state index contributed by atoms with van der Waals surface area (Å²) in [7, 11) is 1.65. The third-order valence-corrected chi connectivity index (χ3v) is 7.40. The molecule has 0 saturated carbocycles. The van der Waals surface area contributed by atoms with E-state index < -0.39 is 0 Å². The van der Waals surface area contributed by atoms with Gasteiger partial charge in [0.1, 0.15) is 6.54 Å². The van der Waals surface area contributed by atoms with E-state index in [0.29, 0.717) is 6.54 Å². The van der Waals surface area contributed by atoms with Crippen LogP contribution < -0.4 is 0 Å². The minimum Gasteiger partial charge on any atom is -0.318 e. The van der Waals surface area contributed by atoms with Crippen LogP contribution in [0, 0.1) is 6.92 Å². The number of hydrogen-bond acceptors (Lipinski definition) is 2. The van der Waals surface area contributed by atoms with Crippen molar-refractivity contribution in [2.45, 2.75) is 64.8 Å². The molecule has 0 N–H and O–H groups in total. The summed E-state index contributed by atoms with van der Waals surface area (Å²) in [4.78, 5) is 27.0. The lowest BCUT2D eigenvalue weighted by molar-refractivity contribution is -0.125. The fourth-order valence-electron chi connectivity index (χ4n) is 5.02. The zero-order valence-electron chi connectivity index (χ0n) is 20.2. The highest BCUT2D eigenvalue weighted by Gasteiger charge is 2.37. The van der Waals surface area contributed by atoms with E-state index in [1.165, 1.54) is 44.9 Å². The van der Waals surface area contributed by atoms with Crippen LogP contribution in [0.4, 0.5) is 4.79 Å². The number of aryl methyl sites for hydroxylation is 1. The summed E-state index contributed by atoms with van der Waals surface area (Å²) in [5.41, 5.74) is 8.67. The summed E-state index contributed by atoms with van der Waals surface area (Å²) in [5, 5.41) is 0. The first-order valence-corrected chi connectivity index (χ1v) is 11.4. The number of imide groups is 1. The first-order valence-electron chi connectivity index (χ1n) is 11.4. The zero-order valence-corrected chi connectivity index (χ0v) is 20.2. The standard InChI is InChI=1S/C28H34N2O2/c1-18-14-23-24(28(5,6)13-12-27(23,3)4)15-22(18)19(2)21-10-8-20(9-11-21)16-30-25(31)17-29(7)26(30)32/h8-11,14-15H,2,12-13,16-17H2,1,3-7H3. The number of nitrogens with zero attached hydrogens (tertiary/aromatic N) is 2. The van der Waals surface area contributed by atoms with Gasteiger partial charge < -0.3 is 4.90 Å². The first kappa shape index (κ1) is 22.3. The van der Waals surface area contributed by atoms with Crippen LogP contribution in [0.2, 0.25) is 0 Å². The summed E-state index contributed by atoms with van der Waals surface area (Å²) in [6.07, 6.45) is 2.38. The Balaban J connectivity index is 1.61. The molecule has 1 aliphatic heterocycles. The molecule has 0 bridgehead atoms. The van der Waals surface area contributed by atoms with E-state index >= 15 is 0 Å². The van der Waals surface area contributed by atoms with Gasteiger partial charge >= 0.3 is 6.03 Å². The van der Waals surface area contributed by atoms with Crippen molar-refractivity contribution in [1.29, 1.82) is 0 Å². The van der Waals surface area contributed by atoms with E-state index in [9.17, 15) is 9.59 Å². The van der Waals surface area contributed by atoms with E-state index in [1.54, 1.807) is 7.05 Å². The number of likely N-dealkylation sites (N-methyl/N-ethyl adjacent to an activating group) is 1. The molecule has 3 amide bonds. The molecule has 168 valence electrons. The number of rotatable bonds is 4. The average molecular weight is 431 g/mol. The third kappa shape index (κ3) is 3.76. The van der Waals surface area contributed by atoms with E-state index in [4.69, 9.17) is 0 Å². The van der Waals surface area contributed by atoms with Gasteiger partial charge in [0.2, 0.25) is 0 Å². The largest absolute Gasteiger partial charge is 0.327 e. The Kier molecular flexibility index (Phi) is 5.31. The lowest BCUT2D eigenvalue weighted by Crippen LogP contribution is -2.34. The van der Waals surface area contributed by atoms with E-state index in [2.05, 4.69) is 53.3 Å². The van der Waals surface area contributed by atoms with Crippen molar-refractivity contribution in [2.24, 2.45) is 0 Å². The number of benzene rings is 2. The van der Waals surface area contributed by atoms with Crippen molar-refractivity contribution in [3.63, 3.8) is 0 Å². The summed E-state index contributed by atoms with van der Waals surface area (Å²) in [6, 6.07) is 12.5. The molecule has 0 spiro atoms. The van der Waals surface area contributed by atoms with Crippen molar-refractivity contribution < 1.29 is 9.59 Å². The Morgan fingerprint density at radius 1 is 0.969 bits per heavy atom. The van der Waals surface area contributed by atoms with Gasteiger partial charge in [0.15, 0.2) is 0 Å². The summed E-state index contributed by atoms with van der Waals surface area (Å²) < 4.78 is 0. The maximum Gasteiger partial charge on any atom is 0.327 e. The molecule has 1 aliphatic carbocycles. The summed E-state index contributed by atoms with van der Waals surface area (Å²) in [5.74, 6) is -0.152. The third-order valence-electron chi connectivity index (χ3n) is 7.40. The van der Waals surface area contributed by atoms with Crippen LogP contribution in [0.15, 0.2) is 43.0 Å². The molecule has 1 heterocycles. The van der Waals surface area contributed by atoms with Crippen LogP contribution in [-0.4, -0.2) is 35.3 Å². The molecule has 2 aromatic rings. The predicted molar refractivity (Wildman–Crippen MR) is 130 cm³/mol. The Morgan fingerprint density at radius 3 is 2.06 bits per heavy atom. The molecule has 1 fully saturated rings. The average Bonchev–Trinajstić information content (AvgIpc) is 2.97. The summed E-state index contributed by atoms with van der Waals surface area (Å²) in [6.45, 7) is 16.4. The van der Waals surface area contributed by atoms with Gasteiger partial charge in [-0.25, -0.2) is 4.79 Å². The minimum atomic E-state index is -0.237. The monoisotopic (exact) mass is 430 g/mol. The van der Waals surface area contributed by atoms with Gasteiger partial charge in [0.05, 0.1) is 6.54 Å². The van der Waals surface area contributed by atoms with Crippen LogP contribution in [0.3, 0.4) is 0 Å². The Labute approximate surface area is 191 Å². The van der Waals surface area contributed by atoms with Crippen molar-refractivity contribution in [1.82, 2.24) is 9.80 Å². The number of carbonyl (C=O) groups excluding carboxylic acids is 2. The smallest absolute Gasteiger partial charge is 0.318 e. The normalized spacial score (nSPS) is 19.3. The van der Waals surface area contributed by atoms with Gasteiger partial charge in [0, 0.05) is 7.05 Å². The predicted octanol–water partition coefficient (Wildman–Crippen LogP) is 5.80. The number of hydrogen-bond donors (Lipinski definition) is 0. The van der Waals surface area contributed by atoms with Crippen LogP contribution in [0.5, 0.6) is 0 Å². The molecule has 32 heavy (non-hydrogen) atoms. The van der Waals surface area contributed by atoms with Gasteiger partial charge in [-0.2, -0.15) is 0 Å². The molecular weight excluding hydrogens is 396 g/mol. The molecule has 2 aliphatic rings. The van der Waals surface area contributed by atoms with Crippen molar-refractivity contribution in [3.8, 4) is 0 Å². The molecule has 0 atom stereocenters. The van der Waals surface area contributed by atoms with Gasteiger partial charge in [-0.3, -0.25) is 9.69 Å². The second-order valence-corrected chi connectivity index (χ2v) is 10.8. The maximum absolute atomic E-state index is 12.2. The molecule has 1 saturated heterocycles. The highest BCUT2D eigenvalue weighted by Crippen LogP contribution is 2.47. The molecule has 0 unspecified atom stereocenters. The van der Waals surface area contributed by atoms with Crippen molar-refractivity contribution >= 4 is 17.5 Å². The maximum atomic E-state index is 12.2. The molecular formula is C28H34N2O2. The Morgan fingerprint density at radius 2 is 1.53 bits per heavy atom. The minimum absolute atomic E-state index is 0.151. The highest BCUT2D eigenvalue weighted by atomic mass is 16.2. The summed E-state index contributed by atoms with van der Waals surface area (Å²) >= 11 is 0. The van der Waals surface area contributed by atoms with Crippen molar-refractivity contribution in [3.05, 3.63) is 76.4 Å². The van der Waals surface area contributed by atoms with Gasteiger partial charge in [-0.1, -0.05) is 70.7 Å². The quantitative estimate of drug-likeness (QED) is 0.575. The Bertz CT molecular complexity index is 1110. The zero-order chi connectivity index (χ0) is 23.4. The van der Waals surface area contributed by atoms with Gasteiger partial charge in [-0.15, -0.1) is 0 Å². The van der Waals surface area contributed by atoms with E-state index in [-0.39, 0.29) is 29.3 Å². The fourth-order valence-corrected chi connectivity index (χ4v) is 5.02. The van der Waals surface area contributed by atoms with Crippen LogP contribution in [0.25, 0.3) is 5.57 Å². The first-order chi connectivity index (χ1) is 14.9. The second-order valence-electron chi connectivity index (χ2n) is 10.8. The van der Waals surface area contributed by atoms with E-state index in [0.717, 1.165) is 16.7 Å². The molecule has 4 rings (SSSR count). The molecule has 0 aromatic heterocycles. The second kappa shape index (κ2) is 7.61.